The number of hydrogen-bond donors (Lipinski definition) is 4. The quantitative estimate of drug-likeness (QED) is 0.326. The van der Waals surface area contributed by atoms with Gasteiger partial charge >= 0.3 is 0 Å². The molecule has 0 bridgehead atoms. The van der Waals surface area contributed by atoms with Crippen LogP contribution in [-0.2, 0) is 0 Å². The van der Waals surface area contributed by atoms with Crippen molar-refractivity contribution in [3.05, 3.63) is 0 Å². The molecular formula is C8H19N3O2. The fraction of sp³-hybridized carbons (Fsp3) is 0.875. The molecule has 0 heterocycles. The summed E-state index contributed by atoms with van der Waals surface area (Å²) in [5, 5.41) is 20.2. The van der Waals surface area contributed by atoms with Crippen LogP contribution in [0.15, 0.2) is 4.99 Å². The Morgan fingerprint density at radius 2 is 2.15 bits per heavy atom. The van der Waals surface area contributed by atoms with Crippen molar-refractivity contribution in [2.45, 2.75) is 20.0 Å². The highest BCUT2D eigenvalue weighted by Crippen LogP contribution is 1.90. The summed E-state index contributed by atoms with van der Waals surface area (Å²) in [5.41, 5.74) is 5.47. The molecule has 0 amide bonds. The van der Waals surface area contributed by atoms with Gasteiger partial charge in [0.25, 0.3) is 0 Å². The SMILES string of the molecule is CC(C)CN=C(N)NCC(O)CO. The van der Waals surface area contributed by atoms with Crippen LogP contribution in [0.2, 0.25) is 0 Å². The van der Waals surface area contributed by atoms with Crippen LogP contribution in [-0.4, -0.2) is 42.0 Å². The van der Waals surface area contributed by atoms with Crippen molar-refractivity contribution in [2.24, 2.45) is 16.6 Å². The number of guanidine groups is 1. The van der Waals surface area contributed by atoms with E-state index in [4.69, 9.17) is 15.9 Å². The zero-order valence-electron chi connectivity index (χ0n) is 8.20. The Balaban J connectivity index is 3.60. The van der Waals surface area contributed by atoms with Gasteiger partial charge in [-0.05, 0) is 5.92 Å². The topological polar surface area (TPSA) is 90.9 Å². The minimum absolute atomic E-state index is 0.226. The first-order chi connectivity index (χ1) is 6.06. The summed E-state index contributed by atoms with van der Waals surface area (Å²) in [4.78, 5) is 4.02. The lowest BCUT2D eigenvalue weighted by Gasteiger charge is -2.09. The predicted octanol–water partition coefficient (Wildman–Crippen LogP) is -1.10. The summed E-state index contributed by atoms with van der Waals surface area (Å²) in [6.45, 7) is 4.70. The number of rotatable bonds is 5. The summed E-state index contributed by atoms with van der Waals surface area (Å²) in [6.07, 6.45) is -0.784. The summed E-state index contributed by atoms with van der Waals surface area (Å²) in [7, 11) is 0. The standard InChI is InChI=1S/C8H19N3O2/c1-6(2)3-10-8(9)11-4-7(13)5-12/h6-7,12-13H,3-5H2,1-2H3,(H3,9,10,11). The van der Waals surface area contributed by atoms with Crippen LogP contribution < -0.4 is 11.1 Å². The van der Waals surface area contributed by atoms with E-state index >= 15 is 0 Å². The molecule has 13 heavy (non-hydrogen) atoms. The molecule has 0 aliphatic heterocycles. The van der Waals surface area contributed by atoms with Gasteiger partial charge in [0.2, 0.25) is 0 Å². The maximum absolute atomic E-state index is 8.96. The third-order valence-electron chi connectivity index (χ3n) is 1.36. The number of nitrogens with two attached hydrogens (primary N) is 1. The second-order valence-corrected chi connectivity index (χ2v) is 3.34. The zero-order valence-corrected chi connectivity index (χ0v) is 8.20. The minimum atomic E-state index is -0.784. The molecule has 0 saturated heterocycles. The Kier molecular flexibility index (Phi) is 6.26. The molecule has 1 unspecified atom stereocenters. The molecule has 0 fully saturated rings. The van der Waals surface area contributed by atoms with Crippen molar-refractivity contribution in [3.63, 3.8) is 0 Å². The Hall–Kier alpha value is -0.810. The van der Waals surface area contributed by atoms with Gasteiger partial charge in [0.1, 0.15) is 0 Å². The molecule has 5 heteroatoms. The Labute approximate surface area is 78.7 Å². The van der Waals surface area contributed by atoms with Gasteiger partial charge in [-0.2, -0.15) is 0 Å². The summed E-state index contributed by atoms with van der Waals surface area (Å²) < 4.78 is 0. The Morgan fingerprint density at radius 3 is 2.62 bits per heavy atom. The zero-order chi connectivity index (χ0) is 10.3. The lowest BCUT2D eigenvalue weighted by atomic mass is 10.2. The van der Waals surface area contributed by atoms with E-state index in [2.05, 4.69) is 10.3 Å². The molecular weight excluding hydrogens is 170 g/mol. The third kappa shape index (κ3) is 7.55. The Bertz CT molecular complexity index is 159. The summed E-state index contributed by atoms with van der Waals surface area (Å²) in [6, 6.07) is 0. The first-order valence-corrected chi connectivity index (χ1v) is 4.39. The van der Waals surface area contributed by atoms with Crippen LogP contribution in [0, 0.1) is 5.92 Å². The van der Waals surface area contributed by atoms with Gasteiger partial charge in [0.05, 0.1) is 12.7 Å². The fourth-order valence-corrected chi connectivity index (χ4v) is 0.624. The van der Waals surface area contributed by atoms with E-state index in [1.54, 1.807) is 0 Å². The highest BCUT2D eigenvalue weighted by Gasteiger charge is 2.01. The predicted molar refractivity (Wildman–Crippen MR) is 52.4 cm³/mol. The molecule has 5 nitrogen and oxygen atoms in total. The maximum atomic E-state index is 8.96. The van der Waals surface area contributed by atoms with E-state index in [1.165, 1.54) is 0 Å². The van der Waals surface area contributed by atoms with E-state index in [1.807, 2.05) is 13.8 Å². The third-order valence-corrected chi connectivity index (χ3v) is 1.36. The first kappa shape index (κ1) is 12.2. The van der Waals surface area contributed by atoms with Crippen molar-refractivity contribution in [1.82, 2.24) is 5.32 Å². The average Bonchev–Trinajstić information content (AvgIpc) is 2.10. The van der Waals surface area contributed by atoms with Crippen LogP contribution in [0.25, 0.3) is 0 Å². The van der Waals surface area contributed by atoms with E-state index in [0.29, 0.717) is 18.4 Å². The molecule has 1 atom stereocenters. The molecule has 0 aromatic rings. The van der Waals surface area contributed by atoms with E-state index in [-0.39, 0.29) is 13.2 Å². The number of hydrogen-bond acceptors (Lipinski definition) is 3. The van der Waals surface area contributed by atoms with E-state index < -0.39 is 6.10 Å². The molecule has 78 valence electrons. The highest BCUT2D eigenvalue weighted by molar-refractivity contribution is 5.77. The van der Waals surface area contributed by atoms with Crippen LogP contribution >= 0.6 is 0 Å². The van der Waals surface area contributed by atoms with Crippen molar-refractivity contribution in [2.75, 3.05) is 19.7 Å². The highest BCUT2D eigenvalue weighted by atomic mass is 16.3. The van der Waals surface area contributed by atoms with Crippen molar-refractivity contribution in [1.29, 1.82) is 0 Å². The van der Waals surface area contributed by atoms with Gasteiger partial charge in [-0.3, -0.25) is 4.99 Å². The van der Waals surface area contributed by atoms with Crippen molar-refractivity contribution >= 4 is 5.96 Å². The molecule has 0 saturated carbocycles. The van der Waals surface area contributed by atoms with Crippen LogP contribution in [0.5, 0.6) is 0 Å². The Morgan fingerprint density at radius 1 is 1.54 bits per heavy atom. The number of aliphatic hydroxyl groups excluding tert-OH is 2. The molecule has 0 aliphatic carbocycles. The lowest BCUT2D eigenvalue weighted by molar-refractivity contribution is 0.0981. The first-order valence-electron chi connectivity index (χ1n) is 4.39. The second kappa shape index (κ2) is 6.68. The molecule has 0 aromatic heterocycles. The monoisotopic (exact) mass is 189 g/mol. The van der Waals surface area contributed by atoms with Gasteiger partial charge in [-0.15, -0.1) is 0 Å². The normalized spacial score (nSPS) is 14.7. The molecule has 0 aromatic carbocycles. The van der Waals surface area contributed by atoms with Gasteiger partial charge in [0, 0.05) is 13.1 Å². The molecule has 0 rings (SSSR count). The fourth-order valence-electron chi connectivity index (χ4n) is 0.624. The summed E-state index contributed by atoms with van der Waals surface area (Å²) in [5.74, 6) is 0.768. The largest absolute Gasteiger partial charge is 0.394 e. The van der Waals surface area contributed by atoms with E-state index in [9.17, 15) is 0 Å². The van der Waals surface area contributed by atoms with Crippen LogP contribution in [0.4, 0.5) is 0 Å². The van der Waals surface area contributed by atoms with Gasteiger partial charge in [-0.1, -0.05) is 13.8 Å². The molecule has 0 radical (unpaired) electrons. The van der Waals surface area contributed by atoms with Gasteiger partial charge in [0.15, 0.2) is 5.96 Å². The van der Waals surface area contributed by atoms with Gasteiger partial charge < -0.3 is 21.3 Å². The second-order valence-electron chi connectivity index (χ2n) is 3.34. The molecule has 0 aliphatic rings. The molecule has 0 spiro atoms. The van der Waals surface area contributed by atoms with E-state index in [0.717, 1.165) is 0 Å². The summed E-state index contributed by atoms with van der Waals surface area (Å²) >= 11 is 0. The number of aliphatic hydroxyl groups is 2. The van der Waals surface area contributed by atoms with Crippen LogP contribution in [0.3, 0.4) is 0 Å². The lowest BCUT2D eigenvalue weighted by Crippen LogP contribution is -2.38. The average molecular weight is 189 g/mol. The maximum Gasteiger partial charge on any atom is 0.188 e. The van der Waals surface area contributed by atoms with Crippen molar-refractivity contribution in [3.8, 4) is 0 Å². The number of aliphatic imine (C=N–C) groups is 1. The van der Waals surface area contributed by atoms with Gasteiger partial charge in [-0.25, -0.2) is 0 Å². The minimum Gasteiger partial charge on any atom is -0.394 e. The van der Waals surface area contributed by atoms with Crippen molar-refractivity contribution < 1.29 is 10.2 Å². The number of nitrogens with zero attached hydrogens (tertiary/aromatic N) is 1. The smallest absolute Gasteiger partial charge is 0.188 e. The number of nitrogens with one attached hydrogen (secondary N) is 1. The molecule has 5 N–H and O–H groups in total. The van der Waals surface area contributed by atoms with Crippen LogP contribution in [0.1, 0.15) is 13.8 Å².